The van der Waals surface area contributed by atoms with E-state index in [2.05, 4.69) is 44.8 Å². The number of alkyl halides is 3. The van der Waals surface area contributed by atoms with Gasteiger partial charge in [0, 0.05) is 29.7 Å². The summed E-state index contributed by atoms with van der Waals surface area (Å²) in [6.45, 7) is 2.18. The van der Waals surface area contributed by atoms with Crippen LogP contribution in [-0.4, -0.2) is 28.5 Å². The Morgan fingerprint density at radius 3 is 2.56 bits per heavy atom. The van der Waals surface area contributed by atoms with E-state index >= 15 is 0 Å². The van der Waals surface area contributed by atoms with Crippen LogP contribution in [0.25, 0.3) is 10.2 Å². The van der Waals surface area contributed by atoms with Crippen molar-refractivity contribution in [1.82, 2.24) is 15.3 Å². The van der Waals surface area contributed by atoms with Crippen LogP contribution in [0.2, 0.25) is 0 Å². The summed E-state index contributed by atoms with van der Waals surface area (Å²) in [7, 11) is 0. The first-order valence-corrected chi connectivity index (χ1v) is 15.0. The molecule has 2 atom stereocenters. The molecule has 1 saturated heterocycles. The Bertz CT molecular complexity index is 1530. The predicted molar refractivity (Wildman–Crippen MR) is 157 cm³/mol. The van der Waals surface area contributed by atoms with Crippen molar-refractivity contribution in [2.75, 3.05) is 16.8 Å². The molecular formula is C31H32F3N5OS. The Kier molecular flexibility index (Phi) is 7.70. The second kappa shape index (κ2) is 11.4. The van der Waals surface area contributed by atoms with E-state index in [1.807, 2.05) is 17.8 Å². The van der Waals surface area contributed by atoms with Crippen LogP contribution in [-0.2, 0) is 11.0 Å². The summed E-state index contributed by atoms with van der Waals surface area (Å²) in [5.41, 5.74) is 4.31. The average Bonchev–Trinajstić information content (AvgIpc) is 3.67. The van der Waals surface area contributed by atoms with Gasteiger partial charge >= 0.3 is 6.18 Å². The molecule has 1 amide bonds. The van der Waals surface area contributed by atoms with E-state index in [9.17, 15) is 18.0 Å². The number of nitrogens with zero attached hydrogens (tertiary/aromatic N) is 3. The largest absolute Gasteiger partial charge is 0.416 e. The molecule has 6 rings (SSSR count). The van der Waals surface area contributed by atoms with Gasteiger partial charge in [-0.15, -0.1) is 11.3 Å². The zero-order valence-corrected chi connectivity index (χ0v) is 23.6. The van der Waals surface area contributed by atoms with Crippen LogP contribution < -0.4 is 15.5 Å². The number of hydrogen-bond donors (Lipinski definition) is 2. The lowest BCUT2D eigenvalue weighted by Gasteiger charge is -2.33. The number of benzene rings is 2. The van der Waals surface area contributed by atoms with E-state index in [0.29, 0.717) is 12.5 Å². The average molecular weight is 580 g/mol. The normalized spacial score (nSPS) is 19.9. The number of nitrogens with one attached hydrogen (secondary N) is 2. The Balaban J connectivity index is 1.26. The lowest BCUT2D eigenvalue weighted by atomic mass is 9.85. The first-order chi connectivity index (χ1) is 19.8. The van der Waals surface area contributed by atoms with Crippen molar-refractivity contribution >= 4 is 44.7 Å². The summed E-state index contributed by atoms with van der Waals surface area (Å²) in [5.74, 6) is 0.171. The first kappa shape index (κ1) is 27.7. The zero-order chi connectivity index (χ0) is 28.6. The molecule has 2 aromatic carbocycles. The first-order valence-electron chi connectivity index (χ1n) is 14.1. The number of anilines is 3. The maximum absolute atomic E-state index is 13.4. The lowest BCUT2D eigenvalue weighted by Crippen LogP contribution is -2.40. The molecular weight excluding hydrogens is 547 g/mol. The third kappa shape index (κ3) is 5.67. The summed E-state index contributed by atoms with van der Waals surface area (Å²) >= 11 is 1.60. The van der Waals surface area contributed by atoms with E-state index in [1.165, 1.54) is 31.9 Å². The van der Waals surface area contributed by atoms with Gasteiger partial charge in [0.15, 0.2) is 5.82 Å². The van der Waals surface area contributed by atoms with Gasteiger partial charge in [-0.05, 0) is 80.6 Å². The smallest absolute Gasteiger partial charge is 0.326 e. The number of carbonyl (C=O) groups is 1. The molecule has 1 aliphatic heterocycles. The van der Waals surface area contributed by atoms with Gasteiger partial charge in [-0.3, -0.25) is 4.79 Å². The van der Waals surface area contributed by atoms with E-state index in [1.54, 1.807) is 11.3 Å². The van der Waals surface area contributed by atoms with E-state index in [-0.39, 0.29) is 23.2 Å². The third-order valence-electron chi connectivity index (χ3n) is 8.28. The molecule has 41 heavy (non-hydrogen) atoms. The van der Waals surface area contributed by atoms with Crippen molar-refractivity contribution in [2.45, 2.75) is 63.7 Å². The highest BCUT2D eigenvalue weighted by Crippen LogP contribution is 2.39. The minimum absolute atomic E-state index is 0.126. The van der Waals surface area contributed by atoms with Crippen molar-refractivity contribution in [3.05, 3.63) is 76.9 Å². The van der Waals surface area contributed by atoms with Gasteiger partial charge in [0.1, 0.15) is 5.52 Å². The molecule has 1 aliphatic carbocycles. The fraction of sp³-hybridized carbons (Fsp3) is 0.387. The standard InChI is InChI=1S/C31H32F3N5OS/c1-19-8-11-21(17-25(19)31(32,33)34)38-30(40)24-7-4-15-35-27(24)20-9-12-23(13-10-20)39(22-5-2-3-6-22)29-28-26(14-16-36-29)41-18-37-28/h8-14,16-18,22,24,27,35H,2-7,15H2,1H3,(H,38,40)/t24-,27-/m0/s1. The number of piperidine rings is 1. The van der Waals surface area contributed by atoms with Gasteiger partial charge in [0.25, 0.3) is 0 Å². The highest BCUT2D eigenvalue weighted by molar-refractivity contribution is 7.16. The summed E-state index contributed by atoms with van der Waals surface area (Å²) in [5, 5.41) is 6.23. The monoisotopic (exact) mass is 579 g/mol. The van der Waals surface area contributed by atoms with E-state index in [0.717, 1.165) is 59.2 Å². The molecule has 2 fully saturated rings. The van der Waals surface area contributed by atoms with Crippen molar-refractivity contribution in [1.29, 1.82) is 0 Å². The van der Waals surface area contributed by atoms with Gasteiger partial charge in [0.05, 0.1) is 21.7 Å². The van der Waals surface area contributed by atoms with Gasteiger partial charge < -0.3 is 15.5 Å². The Labute approximate surface area is 241 Å². The molecule has 214 valence electrons. The molecule has 2 aliphatic rings. The number of halogens is 3. The molecule has 1 saturated carbocycles. The van der Waals surface area contributed by atoms with Crippen molar-refractivity contribution < 1.29 is 18.0 Å². The fourth-order valence-corrected chi connectivity index (χ4v) is 6.89. The number of thiazole rings is 1. The quantitative estimate of drug-likeness (QED) is 0.244. The molecule has 3 heterocycles. The number of fused-ring (bicyclic) bond motifs is 1. The summed E-state index contributed by atoms with van der Waals surface area (Å²) < 4.78 is 41.4. The Morgan fingerprint density at radius 2 is 1.80 bits per heavy atom. The van der Waals surface area contributed by atoms with Gasteiger partial charge in [0.2, 0.25) is 5.91 Å². The van der Waals surface area contributed by atoms with Crippen LogP contribution >= 0.6 is 11.3 Å². The molecule has 0 spiro atoms. The SMILES string of the molecule is Cc1ccc(NC(=O)[C@H]2CCCN[C@H]2c2ccc(N(c3nccc4scnc34)C3CCCC3)cc2)cc1C(F)(F)F. The molecule has 2 aromatic heterocycles. The molecule has 10 heteroatoms. The topological polar surface area (TPSA) is 70.2 Å². The van der Waals surface area contributed by atoms with Gasteiger partial charge in [-0.25, -0.2) is 9.97 Å². The minimum Gasteiger partial charge on any atom is -0.326 e. The van der Waals surface area contributed by atoms with E-state index in [4.69, 9.17) is 4.98 Å². The number of amides is 1. The van der Waals surface area contributed by atoms with Gasteiger partial charge in [-0.1, -0.05) is 31.0 Å². The Morgan fingerprint density at radius 1 is 1.02 bits per heavy atom. The molecule has 2 N–H and O–H groups in total. The number of carbonyl (C=O) groups excluding carboxylic acids is 1. The number of aromatic nitrogens is 2. The van der Waals surface area contributed by atoms with Crippen LogP contribution in [0.15, 0.2) is 60.2 Å². The molecule has 0 bridgehead atoms. The number of rotatable bonds is 6. The van der Waals surface area contributed by atoms with Gasteiger partial charge in [-0.2, -0.15) is 13.2 Å². The maximum atomic E-state index is 13.4. The zero-order valence-electron chi connectivity index (χ0n) is 22.7. The second-order valence-electron chi connectivity index (χ2n) is 10.9. The molecule has 4 aromatic rings. The van der Waals surface area contributed by atoms with Crippen molar-refractivity contribution in [3.8, 4) is 0 Å². The number of aryl methyl sites for hydroxylation is 1. The highest BCUT2D eigenvalue weighted by atomic mass is 32.1. The molecule has 6 nitrogen and oxygen atoms in total. The number of hydrogen-bond acceptors (Lipinski definition) is 6. The lowest BCUT2D eigenvalue weighted by molar-refractivity contribution is -0.138. The highest BCUT2D eigenvalue weighted by Gasteiger charge is 2.35. The predicted octanol–water partition coefficient (Wildman–Crippen LogP) is 7.78. The maximum Gasteiger partial charge on any atom is 0.416 e. The van der Waals surface area contributed by atoms with Crippen LogP contribution in [0.1, 0.15) is 61.3 Å². The molecule has 0 radical (unpaired) electrons. The van der Waals surface area contributed by atoms with E-state index < -0.39 is 17.7 Å². The third-order valence-corrected chi connectivity index (χ3v) is 9.08. The summed E-state index contributed by atoms with van der Waals surface area (Å²) in [6, 6.07) is 14.3. The fourth-order valence-electron chi connectivity index (χ4n) is 6.23. The minimum atomic E-state index is -4.48. The van der Waals surface area contributed by atoms with Crippen LogP contribution in [0.5, 0.6) is 0 Å². The van der Waals surface area contributed by atoms with Crippen LogP contribution in [0.3, 0.4) is 0 Å². The van der Waals surface area contributed by atoms with Crippen molar-refractivity contribution in [3.63, 3.8) is 0 Å². The van der Waals surface area contributed by atoms with Crippen LogP contribution in [0, 0.1) is 12.8 Å². The Hall–Kier alpha value is -3.50. The second-order valence-corrected chi connectivity index (χ2v) is 11.8. The molecule has 0 unspecified atom stereocenters. The van der Waals surface area contributed by atoms with Crippen LogP contribution in [0.4, 0.5) is 30.4 Å². The number of pyridine rings is 1. The summed E-state index contributed by atoms with van der Waals surface area (Å²) in [4.78, 5) is 25.0. The summed E-state index contributed by atoms with van der Waals surface area (Å²) in [6.07, 6.45) is 3.36. The van der Waals surface area contributed by atoms with Crippen molar-refractivity contribution in [2.24, 2.45) is 5.92 Å².